The van der Waals surface area contributed by atoms with Gasteiger partial charge >= 0.3 is 0 Å². The molecule has 2 amide bonds. The third-order valence-electron chi connectivity index (χ3n) is 5.44. The summed E-state index contributed by atoms with van der Waals surface area (Å²) in [5, 5.41) is 3.32. The van der Waals surface area contributed by atoms with Gasteiger partial charge in [-0.2, -0.15) is 0 Å². The number of ether oxygens (including phenoxy) is 1. The number of amides is 2. The lowest BCUT2D eigenvalue weighted by molar-refractivity contribution is -0.168. The van der Waals surface area contributed by atoms with Crippen LogP contribution in [-0.2, 0) is 14.3 Å². The molecule has 1 N–H and O–H groups in total. The number of halogens is 1. The topological polar surface area (TPSA) is 61.9 Å². The van der Waals surface area contributed by atoms with Gasteiger partial charge in [0.05, 0.1) is 6.04 Å². The summed E-state index contributed by atoms with van der Waals surface area (Å²) < 4.78 is 5.76. The quantitative estimate of drug-likeness (QED) is 0.862. The van der Waals surface area contributed by atoms with Crippen molar-refractivity contribution in [1.82, 2.24) is 15.1 Å². The number of morpholine rings is 1. The molecule has 2 fully saturated rings. The first-order valence-corrected chi connectivity index (χ1v) is 8.91. The number of hydrogen-bond donors (Lipinski definition) is 1. The van der Waals surface area contributed by atoms with Crippen LogP contribution in [0.5, 0.6) is 0 Å². The molecule has 0 radical (unpaired) electrons. The lowest BCUT2D eigenvalue weighted by atomic mass is 9.93. The first-order chi connectivity index (χ1) is 12.0. The van der Waals surface area contributed by atoms with Crippen molar-refractivity contribution in [2.24, 2.45) is 0 Å². The van der Waals surface area contributed by atoms with Crippen LogP contribution < -0.4 is 5.32 Å². The largest absolute Gasteiger partial charge is 0.356 e. The minimum atomic E-state index is -0.663. The van der Waals surface area contributed by atoms with E-state index in [1.807, 2.05) is 43.1 Å². The van der Waals surface area contributed by atoms with Crippen LogP contribution in [0.15, 0.2) is 24.3 Å². The van der Waals surface area contributed by atoms with Crippen LogP contribution in [0, 0.1) is 6.92 Å². The predicted molar refractivity (Wildman–Crippen MR) is 102 cm³/mol. The second-order valence-corrected chi connectivity index (χ2v) is 6.97. The van der Waals surface area contributed by atoms with Crippen molar-refractivity contribution in [3.8, 4) is 0 Å². The average molecular weight is 382 g/mol. The molecule has 0 bridgehead atoms. The highest BCUT2D eigenvalue weighted by atomic mass is 35.5. The lowest BCUT2D eigenvalue weighted by Gasteiger charge is -2.42. The van der Waals surface area contributed by atoms with E-state index in [4.69, 9.17) is 4.74 Å². The predicted octanol–water partition coefficient (Wildman–Crippen LogP) is 1.53. The zero-order valence-electron chi connectivity index (χ0n) is 15.6. The molecule has 6 nitrogen and oxygen atoms in total. The van der Waals surface area contributed by atoms with E-state index in [0.29, 0.717) is 0 Å². The SMILES string of the molecule is Cc1ccccc1[C@@H]1[C@@H](C(=O)N(C)C2CCNCC2)OCC(=O)N1C.Cl. The molecule has 2 heterocycles. The number of benzene rings is 1. The molecule has 0 unspecified atom stereocenters. The van der Waals surface area contributed by atoms with Gasteiger partial charge < -0.3 is 19.9 Å². The smallest absolute Gasteiger partial charge is 0.254 e. The Morgan fingerprint density at radius 1 is 1.27 bits per heavy atom. The molecule has 0 spiro atoms. The standard InChI is InChI=1S/C19H27N3O3.ClH/c1-13-6-4-5-7-15(13)17-18(25-12-16(23)22(17)3)19(24)21(2)14-8-10-20-11-9-14;/h4-7,14,17-18,20H,8-12H2,1-3H3;1H/t17-,18+;/m1./s1. The van der Waals surface area contributed by atoms with E-state index in [-0.39, 0.29) is 42.9 Å². The number of nitrogens with one attached hydrogen (secondary N) is 1. The molecule has 2 saturated heterocycles. The van der Waals surface area contributed by atoms with E-state index >= 15 is 0 Å². The zero-order chi connectivity index (χ0) is 18.0. The highest BCUT2D eigenvalue weighted by Crippen LogP contribution is 2.32. The summed E-state index contributed by atoms with van der Waals surface area (Å²) in [7, 11) is 3.61. The van der Waals surface area contributed by atoms with E-state index in [2.05, 4.69) is 5.32 Å². The maximum atomic E-state index is 13.2. The number of carbonyl (C=O) groups excluding carboxylic acids is 2. The number of aryl methyl sites for hydroxylation is 1. The second kappa shape index (κ2) is 8.84. The van der Waals surface area contributed by atoms with Gasteiger partial charge in [0.2, 0.25) is 5.91 Å². The first-order valence-electron chi connectivity index (χ1n) is 8.91. The van der Waals surface area contributed by atoms with Crippen molar-refractivity contribution in [2.75, 3.05) is 33.8 Å². The molecule has 7 heteroatoms. The Labute approximate surface area is 161 Å². The van der Waals surface area contributed by atoms with Crippen LogP contribution in [-0.4, -0.2) is 67.6 Å². The van der Waals surface area contributed by atoms with Crippen LogP contribution in [0.4, 0.5) is 0 Å². The zero-order valence-corrected chi connectivity index (χ0v) is 16.4. The number of piperidine rings is 1. The molecular weight excluding hydrogens is 354 g/mol. The van der Waals surface area contributed by atoms with E-state index < -0.39 is 6.10 Å². The van der Waals surface area contributed by atoms with Crippen LogP contribution in [0.2, 0.25) is 0 Å². The molecule has 0 aliphatic carbocycles. The number of carbonyl (C=O) groups is 2. The normalized spacial score (nSPS) is 24.1. The molecule has 2 aliphatic heterocycles. The molecule has 0 saturated carbocycles. The first kappa shape index (κ1) is 20.7. The van der Waals surface area contributed by atoms with E-state index in [9.17, 15) is 9.59 Å². The third kappa shape index (κ3) is 4.03. The number of likely N-dealkylation sites (N-methyl/N-ethyl adjacent to an activating group) is 2. The van der Waals surface area contributed by atoms with Crippen molar-refractivity contribution in [3.05, 3.63) is 35.4 Å². The van der Waals surface area contributed by atoms with Crippen molar-refractivity contribution in [2.45, 2.75) is 38.0 Å². The highest BCUT2D eigenvalue weighted by molar-refractivity contribution is 5.86. The van der Waals surface area contributed by atoms with E-state index in [1.165, 1.54) is 0 Å². The summed E-state index contributed by atoms with van der Waals surface area (Å²) in [5.74, 6) is -0.138. The molecule has 1 aromatic carbocycles. The number of hydrogen-bond acceptors (Lipinski definition) is 4. The third-order valence-corrected chi connectivity index (χ3v) is 5.44. The van der Waals surface area contributed by atoms with Gasteiger partial charge in [-0.1, -0.05) is 24.3 Å². The van der Waals surface area contributed by atoms with Gasteiger partial charge in [-0.3, -0.25) is 9.59 Å². The Hall–Kier alpha value is -1.63. The summed E-state index contributed by atoms with van der Waals surface area (Å²) in [5.41, 5.74) is 2.02. The summed E-state index contributed by atoms with van der Waals surface area (Å²) >= 11 is 0. The molecule has 2 aliphatic rings. The summed E-state index contributed by atoms with van der Waals surface area (Å²) in [6.07, 6.45) is 1.22. The lowest BCUT2D eigenvalue weighted by Crippen LogP contribution is -2.55. The van der Waals surface area contributed by atoms with Gasteiger partial charge in [0, 0.05) is 20.1 Å². The number of rotatable bonds is 3. The molecule has 144 valence electrons. The van der Waals surface area contributed by atoms with E-state index in [0.717, 1.165) is 37.1 Å². The molecule has 2 atom stereocenters. The Morgan fingerprint density at radius 2 is 1.92 bits per heavy atom. The maximum Gasteiger partial charge on any atom is 0.254 e. The highest BCUT2D eigenvalue weighted by Gasteiger charge is 2.42. The van der Waals surface area contributed by atoms with Gasteiger partial charge in [-0.25, -0.2) is 0 Å². The second-order valence-electron chi connectivity index (χ2n) is 6.97. The van der Waals surface area contributed by atoms with Crippen LogP contribution >= 0.6 is 12.4 Å². The number of nitrogens with zero attached hydrogens (tertiary/aromatic N) is 2. The van der Waals surface area contributed by atoms with Crippen molar-refractivity contribution in [1.29, 1.82) is 0 Å². The monoisotopic (exact) mass is 381 g/mol. The maximum absolute atomic E-state index is 13.2. The summed E-state index contributed by atoms with van der Waals surface area (Å²) in [4.78, 5) is 28.9. The fourth-order valence-corrected chi connectivity index (χ4v) is 3.78. The van der Waals surface area contributed by atoms with Gasteiger partial charge in [0.25, 0.3) is 5.91 Å². The molecule has 0 aromatic heterocycles. The molecule has 1 aromatic rings. The van der Waals surface area contributed by atoms with Crippen LogP contribution in [0.3, 0.4) is 0 Å². The Balaban J connectivity index is 0.00000243. The summed E-state index contributed by atoms with van der Waals surface area (Å²) in [6, 6.07) is 7.70. The molecule has 26 heavy (non-hydrogen) atoms. The van der Waals surface area contributed by atoms with Crippen LogP contribution in [0.1, 0.15) is 30.0 Å². The fourth-order valence-electron chi connectivity index (χ4n) is 3.78. The minimum Gasteiger partial charge on any atom is -0.356 e. The molecular formula is C19H28ClN3O3. The Kier molecular flexibility index (Phi) is 7.03. The van der Waals surface area contributed by atoms with Crippen LogP contribution in [0.25, 0.3) is 0 Å². The molecule has 3 rings (SSSR count). The van der Waals surface area contributed by atoms with Crippen molar-refractivity contribution < 1.29 is 14.3 Å². The fraction of sp³-hybridized carbons (Fsp3) is 0.579. The van der Waals surface area contributed by atoms with Gasteiger partial charge in [-0.05, 0) is 44.0 Å². The van der Waals surface area contributed by atoms with Gasteiger partial charge in [0.1, 0.15) is 6.61 Å². The van der Waals surface area contributed by atoms with Crippen molar-refractivity contribution >= 4 is 24.2 Å². The van der Waals surface area contributed by atoms with Crippen molar-refractivity contribution in [3.63, 3.8) is 0 Å². The van der Waals surface area contributed by atoms with E-state index in [1.54, 1.807) is 11.9 Å². The minimum absolute atomic E-state index is 0. The Bertz CT molecular complexity index is 649. The van der Waals surface area contributed by atoms with Gasteiger partial charge in [0.15, 0.2) is 6.10 Å². The average Bonchev–Trinajstić information content (AvgIpc) is 2.64. The Morgan fingerprint density at radius 3 is 2.58 bits per heavy atom. The van der Waals surface area contributed by atoms with Gasteiger partial charge in [-0.15, -0.1) is 12.4 Å². The summed E-state index contributed by atoms with van der Waals surface area (Å²) in [6.45, 7) is 3.80.